The Morgan fingerprint density at radius 1 is 1.35 bits per heavy atom. The van der Waals surface area contributed by atoms with Crippen molar-refractivity contribution in [3.05, 3.63) is 60.2 Å². The highest BCUT2D eigenvalue weighted by atomic mass is 16.7. The minimum Gasteiger partial charge on any atom is -0.386 e. The van der Waals surface area contributed by atoms with Gasteiger partial charge in [-0.3, -0.25) is 0 Å². The molecule has 1 N–H and O–H groups in total. The summed E-state index contributed by atoms with van der Waals surface area (Å²) in [5.41, 5.74) is 1.82. The lowest BCUT2D eigenvalue weighted by Gasteiger charge is -2.31. The van der Waals surface area contributed by atoms with Gasteiger partial charge in [-0.25, -0.2) is 0 Å². The predicted octanol–water partition coefficient (Wildman–Crippen LogP) is 2.05. The van der Waals surface area contributed by atoms with Crippen LogP contribution >= 0.6 is 0 Å². The van der Waals surface area contributed by atoms with Gasteiger partial charge in [-0.05, 0) is 11.6 Å². The van der Waals surface area contributed by atoms with Gasteiger partial charge in [0.2, 0.25) is 0 Å². The molecule has 0 amide bonds. The van der Waals surface area contributed by atoms with Gasteiger partial charge < -0.3 is 19.3 Å². The third-order valence-corrected chi connectivity index (χ3v) is 3.16. The van der Waals surface area contributed by atoms with E-state index in [2.05, 4.69) is 6.58 Å². The largest absolute Gasteiger partial charge is 0.386 e. The van der Waals surface area contributed by atoms with Crippen molar-refractivity contribution in [2.75, 3.05) is 13.7 Å². The van der Waals surface area contributed by atoms with Crippen LogP contribution in [0, 0.1) is 0 Å². The molecule has 1 aromatic carbocycles. The second-order valence-corrected chi connectivity index (χ2v) is 4.60. The summed E-state index contributed by atoms with van der Waals surface area (Å²) >= 11 is 0. The Balaban J connectivity index is 1.87. The fourth-order valence-electron chi connectivity index (χ4n) is 2.06. The first-order chi connectivity index (χ1) is 9.74. The molecule has 1 aromatic rings. The van der Waals surface area contributed by atoms with Gasteiger partial charge in [0.25, 0.3) is 0 Å². The zero-order chi connectivity index (χ0) is 14.4. The molecule has 1 aliphatic heterocycles. The van der Waals surface area contributed by atoms with Crippen LogP contribution in [0.2, 0.25) is 0 Å². The standard InChI is InChI=1S/C16H20O4/c1-3-13-9-14(17)15(20-16(13)18-2)11-19-10-12-7-5-4-6-8-12/h3-9,14-17H,1,10-11H2,2H3/t14-,15+,16-/m0/s1. The van der Waals surface area contributed by atoms with Crippen molar-refractivity contribution in [1.82, 2.24) is 0 Å². The lowest BCUT2D eigenvalue weighted by atomic mass is 10.1. The van der Waals surface area contributed by atoms with Crippen molar-refractivity contribution in [2.45, 2.75) is 25.1 Å². The van der Waals surface area contributed by atoms with E-state index in [1.54, 1.807) is 19.3 Å². The number of ether oxygens (including phenoxy) is 3. The van der Waals surface area contributed by atoms with E-state index in [4.69, 9.17) is 14.2 Å². The molecule has 20 heavy (non-hydrogen) atoms. The van der Waals surface area contributed by atoms with E-state index in [0.29, 0.717) is 13.2 Å². The predicted molar refractivity (Wildman–Crippen MR) is 76.1 cm³/mol. The van der Waals surface area contributed by atoms with Gasteiger partial charge in [-0.15, -0.1) is 0 Å². The molecule has 3 atom stereocenters. The summed E-state index contributed by atoms with van der Waals surface area (Å²) in [6.07, 6.45) is 1.67. The Hall–Kier alpha value is -1.46. The third kappa shape index (κ3) is 3.77. The molecule has 0 radical (unpaired) electrons. The van der Waals surface area contributed by atoms with Gasteiger partial charge in [0.15, 0.2) is 6.29 Å². The number of rotatable bonds is 6. The van der Waals surface area contributed by atoms with Crippen LogP contribution in [0.15, 0.2) is 54.6 Å². The second-order valence-electron chi connectivity index (χ2n) is 4.60. The Morgan fingerprint density at radius 2 is 2.10 bits per heavy atom. The van der Waals surface area contributed by atoms with Gasteiger partial charge >= 0.3 is 0 Å². The number of aliphatic hydroxyl groups is 1. The van der Waals surface area contributed by atoms with Crippen LogP contribution in [0.3, 0.4) is 0 Å². The lowest BCUT2D eigenvalue weighted by molar-refractivity contribution is -0.179. The Kier molecular flexibility index (Phi) is 5.49. The lowest BCUT2D eigenvalue weighted by Crippen LogP contribution is -2.41. The molecule has 0 aromatic heterocycles. The molecular weight excluding hydrogens is 256 g/mol. The maximum Gasteiger partial charge on any atom is 0.183 e. The van der Waals surface area contributed by atoms with Crippen LogP contribution in [0.1, 0.15) is 5.56 Å². The monoisotopic (exact) mass is 276 g/mol. The molecule has 4 heteroatoms. The molecule has 0 unspecified atom stereocenters. The van der Waals surface area contributed by atoms with Crippen LogP contribution < -0.4 is 0 Å². The quantitative estimate of drug-likeness (QED) is 0.864. The summed E-state index contributed by atoms with van der Waals surface area (Å²) in [6, 6.07) is 9.87. The average Bonchev–Trinajstić information content (AvgIpc) is 2.49. The molecule has 0 spiro atoms. The summed E-state index contributed by atoms with van der Waals surface area (Å²) < 4.78 is 16.5. The highest BCUT2D eigenvalue weighted by molar-refractivity contribution is 5.23. The van der Waals surface area contributed by atoms with Crippen molar-refractivity contribution < 1.29 is 19.3 Å². The van der Waals surface area contributed by atoms with Gasteiger partial charge in [0.1, 0.15) is 12.2 Å². The molecule has 0 saturated heterocycles. The zero-order valence-corrected chi connectivity index (χ0v) is 11.6. The molecule has 0 fully saturated rings. The normalized spacial score (nSPS) is 26.1. The van der Waals surface area contributed by atoms with Gasteiger partial charge in [-0.2, -0.15) is 0 Å². The van der Waals surface area contributed by atoms with Crippen LogP contribution in [0.25, 0.3) is 0 Å². The Bertz CT molecular complexity index is 455. The summed E-state index contributed by atoms with van der Waals surface area (Å²) in [6.45, 7) is 4.46. The van der Waals surface area contributed by atoms with Crippen molar-refractivity contribution in [1.29, 1.82) is 0 Å². The zero-order valence-electron chi connectivity index (χ0n) is 11.6. The Morgan fingerprint density at radius 3 is 2.75 bits per heavy atom. The first-order valence-corrected chi connectivity index (χ1v) is 6.56. The van der Waals surface area contributed by atoms with Crippen molar-refractivity contribution in [3.8, 4) is 0 Å². The topological polar surface area (TPSA) is 47.9 Å². The minimum absolute atomic E-state index is 0.302. The summed E-state index contributed by atoms with van der Waals surface area (Å²) in [5.74, 6) is 0. The maximum atomic E-state index is 10.00. The van der Waals surface area contributed by atoms with E-state index < -0.39 is 18.5 Å². The maximum absolute atomic E-state index is 10.00. The van der Waals surface area contributed by atoms with Crippen LogP contribution in [-0.4, -0.2) is 37.3 Å². The number of methoxy groups -OCH3 is 1. The van der Waals surface area contributed by atoms with E-state index in [0.717, 1.165) is 11.1 Å². The number of hydrogen-bond acceptors (Lipinski definition) is 4. The molecule has 108 valence electrons. The summed E-state index contributed by atoms with van der Waals surface area (Å²) in [7, 11) is 1.56. The highest BCUT2D eigenvalue weighted by Gasteiger charge is 2.29. The number of aliphatic hydroxyl groups excluding tert-OH is 1. The fraction of sp³-hybridized carbons (Fsp3) is 0.375. The van der Waals surface area contributed by atoms with Gasteiger partial charge in [0, 0.05) is 12.7 Å². The van der Waals surface area contributed by atoms with Gasteiger partial charge in [0.05, 0.1) is 13.2 Å². The number of hydrogen-bond donors (Lipinski definition) is 1. The molecule has 0 aliphatic carbocycles. The van der Waals surface area contributed by atoms with Crippen LogP contribution in [-0.2, 0) is 20.8 Å². The Labute approximate surface area is 119 Å². The van der Waals surface area contributed by atoms with Crippen molar-refractivity contribution >= 4 is 0 Å². The SMILES string of the molecule is C=CC1=C[C@H](O)[C@@H](COCc2ccccc2)O[C@@H]1OC. The first-order valence-electron chi connectivity index (χ1n) is 6.56. The molecule has 1 aliphatic rings. The van der Waals surface area contributed by atoms with Crippen molar-refractivity contribution in [3.63, 3.8) is 0 Å². The molecule has 2 rings (SSSR count). The van der Waals surface area contributed by atoms with E-state index >= 15 is 0 Å². The molecule has 1 heterocycles. The third-order valence-electron chi connectivity index (χ3n) is 3.16. The highest BCUT2D eigenvalue weighted by Crippen LogP contribution is 2.21. The van der Waals surface area contributed by atoms with E-state index in [1.807, 2.05) is 30.3 Å². The van der Waals surface area contributed by atoms with Crippen molar-refractivity contribution in [2.24, 2.45) is 0 Å². The average molecular weight is 276 g/mol. The van der Waals surface area contributed by atoms with E-state index in [9.17, 15) is 5.11 Å². The molecule has 0 bridgehead atoms. The summed E-state index contributed by atoms with van der Waals surface area (Å²) in [5, 5.41) is 10.00. The summed E-state index contributed by atoms with van der Waals surface area (Å²) in [4.78, 5) is 0. The van der Waals surface area contributed by atoms with E-state index in [-0.39, 0.29) is 0 Å². The van der Waals surface area contributed by atoms with Crippen LogP contribution in [0.4, 0.5) is 0 Å². The first kappa shape index (κ1) is 14.9. The fourth-order valence-corrected chi connectivity index (χ4v) is 2.06. The second kappa shape index (κ2) is 7.36. The minimum atomic E-state index is -0.717. The number of benzene rings is 1. The van der Waals surface area contributed by atoms with Crippen LogP contribution in [0.5, 0.6) is 0 Å². The molecule has 0 saturated carbocycles. The van der Waals surface area contributed by atoms with Gasteiger partial charge in [-0.1, -0.05) is 43.0 Å². The van der Waals surface area contributed by atoms with E-state index in [1.165, 1.54) is 0 Å². The molecule has 4 nitrogen and oxygen atoms in total. The molecular formula is C16H20O4. The smallest absolute Gasteiger partial charge is 0.183 e.